The minimum absolute atomic E-state index is 0.0459. The molecule has 32 heavy (non-hydrogen) atoms. The third kappa shape index (κ3) is 11.9. The topological polar surface area (TPSA) is 208 Å². The molecule has 13 heteroatoms. The number of nitrogens with two attached hydrogens (primary N) is 1. The molecule has 0 radical (unpaired) electrons. The van der Waals surface area contributed by atoms with E-state index in [1.54, 1.807) is 13.8 Å². The molecule has 0 fully saturated rings. The fourth-order valence-electron chi connectivity index (χ4n) is 2.64. The Morgan fingerprint density at radius 1 is 0.875 bits per heavy atom. The number of aliphatic hydroxyl groups excluding tert-OH is 1. The Bertz CT molecular complexity index is 661. The monoisotopic (exact) mass is 478 g/mol. The van der Waals surface area contributed by atoms with Crippen molar-refractivity contribution >= 4 is 41.4 Å². The molecule has 3 amide bonds. The van der Waals surface area contributed by atoms with Crippen LogP contribution in [0.2, 0.25) is 0 Å². The number of carbonyl (C=O) groups excluding carboxylic acids is 3. The average Bonchev–Trinajstić information content (AvgIpc) is 2.71. The summed E-state index contributed by atoms with van der Waals surface area (Å²) in [4.78, 5) is 59.7. The highest BCUT2D eigenvalue weighted by Crippen LogP contribution is 2.09. The van der Waals surface area contributed by atoms with Gasteiger partial charge >= 0.3 is 11.9 Å². The van der Waals surface area contributed by atoms with Gasteiger partial charge in [0.2, 0.25) is 17.7 Å². The summed E-state index contributed by atoms with van der Waals surface area (Å²) in [6, 6.07) is -4.76. The normalized spacial score (nSPS) is 14.7. The van der Waals surface area contributed by atoms with Crippen molar-refractivity contribution in [1.29, 1.82) is 0 Å². The minimum Gasteiger partial charge on any atom is -0.481 e. The largest absolute Gasteiger partial charge is 0.481 e. The number of carboxylic acid groups (broad SMARTS) is 2. The first-order valence-electron chi connectivity index (χ1n) is 10.1. The molecular formula is C19H34N4O8S. The molecule has 0 aromatic carbocycles. The van der Waals surface area contributed by atoms with Gasteiger partial charge in [0, 0.05) is 6.42 Å². The van der Waals surface area contributed by atoms with Crippen LogP contribution in [0.5, 0.6) is 0 Å². The predicted molar refractivity (Wildman–Crippen MR) is 118 cm³/mol. The lowest BCUT2D eigenvalue weighted by molar-refractivity contribution is -0.143. The lowest BCUT2D eigenvalue weighted by atomic mass is 10.0. The summed E-state index contributed by atoms with van der Waals surface area (Å²) in [6.07, 6.45) is 1.47. The maximum Gasteiger partial charge on any atom is 0.326 e. The summed E-state index contributed by atoms with van der Waals surface area (Å²) in [5.74, 6) is -4.27. The van der Waals surface area contributed by atoms with Gasteiger partial charge in [0.25, 0.3) is 0 Å². The molecular weight excluding hydrogens is 444 g/mol. The Balaban J connectivity index is 5.41. The van der Waals surface area contributed by atoms with E-state index in [0.717, 1.165) is 0 Å². The first kappa shape index (κ1) is 29.6. The zero-order valence-corrected chi connectivity index (χ0v) is 19.3. The fourth-order valence-corrected chi connectivity index (χ4v) is 3.11. The zero-order chi connectivity index (χ0) is 24.8. The number of hydrogen-bond donors (Lipinski definition) is 7. The first-order valence-corrected chi connectivity index (χ1v) is 11.5. The number of amides is 3. The summed E-state index contributed by atoms with van der Waals surface area (Å²) in [7, 11) is 0. The van der Waals surface area contributed by atoms with Crippen molar-refractivity contribution in [2.45, 2.75) is 63.7 Å². The van der Waals surface area contributed by atoms with Crippen molar-refractivity contribution < 1.29 is 39.3 Å². The van der Waals surface area contributed by atoms with Crippen molar-refractivity contribution in [2.24, 2.45) is 11.7 Å². The number of carbonyl (C=O) groups is 5. The summed E-state index contributed by atoms with van der Waals surface area (Å²) in [5.41, 5.74) is 5.48. The van der Waals surface area contributed by atoms with E-state index < -0.39 is 66.9 Å². The number of carboxylic acids is 2. The molecule has 184 valence electrons. The maximum atomic E-state index is 12.8. The highest BCUT2D eigenvalue weighted by atomic mass is 32.2. The molecule has 0 spiro atoms. The van der Waals surface area contributed by atoms with E-state index in [0.29, 0.717) is 5.75 Å². The van der Waals surface area contributed by atoms with Crippen molar-refractivity contribution in [3.8, 4) is 0 Å². The standard InChI is InChI=1S/C19H34N4O8S/c1-10(2)8-14(18(29)22-13(19(30)31)4-5-15(25)26)23-17(28)12(6-7-32-3)21-16(27)11(20)9-24/h10-14,24H,4-9,20H2,1-3H3,(H,21,27)(H,22,29)(H,23,28)(H,25,26)(H,30,31). The van der Waals surface area contributed by atoms with Gasteiger partial charge in [0.15, 0.2) is 0 Å². The van der Waals surface area contributed by atoms with Crippen molar-refractivity contribution in [1.82, 2.24) is 16.0 Å². The minimum atomic E-state index is -1.43. The summed E-state index contributed by atoms with van der Waals surface area (Å²) in [5, 5.41) is 34.3. The quantitative estimate of drug-likeness (QED) is 0.137. The lowest BCUT2D eigenvalue weighted by Crippen LogP contribution is -2.57. The molecule has 0 aromatic heterocycles. The molecule has 4 unspecified atom stereocenters. The average molecular weight is 479 g/mol. The van der Waals surface area contributed by atoms with Crippen LogP contribution in [-0.2, 0) is 24.0 Å². The molecule has 0 rings (SSSR count). The lowest BCUT2D eigenvalue weighted by Gasteiger charge is -2.26. The number of nitrogens with one attached hydrogen (secondary N) is 3. The molecule has 0 aliphatic rings. The van der Waals surface area contributed by atoms with Crippen LogP contribution >= 0.6 is 11.8 Å². The van der Waals surface area contributed by atoms with Crippen LogP contribution < -0.4 is 21.7 Å². The summed E-state index contributed by atoms with van der Waals surface area (Å²) >= 11 is 1.44. The van der Waals surface area contributed by atoms with Gasteiger partial charge in [-0.1, -0.05) is 13.8 Å². The Kier molecular flexibility index (Phi) is 14.3. The van der Waals surface area contributed by atoms with E-state index in [4.69, 9.17) is 15.9 Å². The molecule has 0 aromatic rings. The van der Waals surface area contributed by atoms with Crippen molar-refractivity contribution in [3.05, 3.63) is 0 Å². The number of rotatable bonds is 16. The number of hydrogen-bond acceptors (Lipinski definition) is 8. The van der Waals surface area contributed by atoms with Gasteiger partial charge in [-0.05, 0) is 37.2 Å². The number of aliphatic hydroxyl groups is 1. The molecule has 0 saturated carbocycles. The SMILES string of the molecule is CSCCC(NC(=O)C(N)CO)C(=O)NC(CC(C)C)C(=O)NC(CCC(=O)O)C(=O)O. The van der Waals surface area contributed by atoms with Gasteiger partial charge in [0.05, 0.1) is 6.61 Å². The molecule has 12 nitrogen and oxygen atoms in total. The molecule has 0 aliphatic heterocycles. The third-order valence-corrected chi connectivity index (χ3v) is 5.02. The number of aliphatic carboxylic acids is 2. The van der Waals surface area contributed by atoms with Crippen LogP contribution in [0.3, 0.4) is 0 Å². The highest BCUT2D eigenvalue weighted by molar-refractivity contribution is 7.98. The van der Waals surface area contributed by atoms with Crippen LogP contribution in [0.4, 0.5) is 0 Å². The molecule has 0 saturated heterocycles. The smallest absolute Gasteiger partial charge is 0.326 e. The van der Waals surface area contributed by atoms with Crippen LogP contribution in [0, 0.1) is 5.92 Å². The summed E-state index contributed by atoms with van der Waals surface area (Å²) < 4.78 is 0. The predicted octanol–water partition coefficient (Wildman–Crippen LogP) is -1.49. The Labute approximate surface area is 191 Å². The van der Waals surface area contributed by atoms with Gasteiger partial charge in [0.1, 0.15) is 24.2 Å². The fraction of sp³-hybridized carbons (Fsp3) is 0.737. The second kappa shape index (κ2) is 15.4. The van der Waals surface area contributed by atoms with Crippen molar-refractivity contribution in [3.63, 3.8) is 0 Å². The second-order valence-electron chi connectivity index (χ2n) is 7.65. The third-order valence-electron chi connectivity index (χ3n) is 4.38. The molecule has 0 aliphatic carbocycles. The molecule has 0 heterocycles. The Morgan fingerprint density at radius 2 is 1.41 bits per heavy atom. The van der Waals surface area contributed by atoms with E-state index in [1.165, 1.54) is 11.8 Å². The molecule has 4 atom stereocenters. The second-order valence-corrected chi connectivity index (χ2v) is 8.64. The molecule has 8 N–H and O–H groups in total. The van der Waals surface area contributed by atoms with Crippen LogP contribution in [0.1, 0.15) is 39.5 Å². The van der Waals surface area contributed by atoms with E-state index in [1.807, 2.05) is 6.26 Å². The van der Waals surface area contributed by atoms with Crippen molar-refractivity contribution in [2.75, 3.05) is 18.6 Å². The summed E-state index contributed by atoms with van der Waals surface area (Å²) in [6.45, 7) is 3.01. The van der Waals surface area contributed by atoms with E-state index >= 15 is 0 Å². The van der Waals surface area contributed by atoms with E-state index in [9.17, 15) is 29.1 Å². The van der Waals surface area contributed by atoms with Crippen LogP contribution in [0.15, 0.2) is 0 Å². The zero-order valence-electron chi connectivity index (χ0n) is 18.5. The van der Waals surface area contributed by atoms with Crippen LogP contribution in [0.25, 0.3) is 0 Å². The Morgan fingerprint density at radius 3 is 1.88 bits per heavy atom. The highest BCUT2D eigenvalue weighted by Gasteiger charge is 2.30. The number of thioether (sulfide) groups is 1. The Hall–Kier alpha value is -2.38. The van der Waals surface area contributed by atoms with E-state index in [2.05, 4.69) is 16.0 Å². The van der Waals surface area contributed by atoms with Gasteiger partial charge in [-0.3, -0.25) is 19.2 Å². The van der Waals surface area contributed by atoms with E-state index in [-0.39, 0.29) is 25.2 Å². The van der Waals surface area contributed by atoms with Gasteiger partial charge < -0.3 is 37.0 Å². The molecule has 0 bridgehead atoms. The van der Waals surface area contributed by atoms with Gasteiger partial charge in [-0.2, -0.15) is 11.8 Å². The maximum absolute atomic E-state index is 12.8. The first-order chi connectivity index (χ1) is 14.9. The van der Waals surface area contributed by atoms with Gasteiger partial charge in [-0.25, -0.2) is 4.79 Å². The van der Waals surface area contributed by atoms with Crippen LogP contribution in [-0.4, -0.2) is 87.8 Å². The van der Waals surface area contributed by atoms with Gasteiger partial charge in [-0.15, -0.1) is 0 Å².